The summed E-state index contributed by atoms with van der Waals surface area (Å²) in [4.78, 5) is 38.0. The third kappa shape index (κ3) is 10.8. The van der Waals surface area contributed by atoms with Gasteiger partial charge in [-0.3, -0.25) is 14.4 Å². The SMILES string of the molecule is CC(C)CC(NCCCC[C@H](N)C(=O)OC1CCCCCCCCC1)=C1C(=O)CC(C)(C)CC1=O. The van der Waals surface area contributed by atoms with Crippen LogP contribution in [0.4, 0.5) is 0 Å². The van der Waals surface area contributed by atoms with Crippen molar-refractivity contribution < 1.29 is 19.1 Å². The minimum absolute atomic E-state index is 0.00841. The van der Waals surface area contributed by atoms with Crippen LogP contribution in [0.1, 0.15) is 124 Å². The first kappa shape index (κ1) is 29.5. The topological polar surface area (TPSA) is 98.5 Å². The van der Waals surface area contributed by atoms with Gasteiger partial charge in [-0.1, -0.05) is 59.8 Å². The highest BCUT2D eigenvalue weighted by atomic mass is 16.5. The molecule has 0 aliphatic heterocycles. The number of rotatable bonds is 10. The van der Waals surface area contributed by atoms with E-state index in [1.165, 1.54) is 32.1 Å². The largest absolute Gasteiger partial charge is 0.461 e. The minimum atomic E-state index is -0.595. The van der Waals surface area contributed by atoms with Crippen LogP contribution in [0.15, 0.2) is 11.3 Å². The number of ether oxygens (including phenoxy) is 1. The number of Topliss-reactive ketones (excluding diaryl/α,β-unsaturated/α-hetero) is 2. The van der Waals surface area contributed by atoms with Gasteiger partial charge in [-0.15, -0.1) is 0 Å². The van der Waals surface area contributed by atoms with Gasteiger partial charge in [0.25, 0.3) is 0 Å². The first-order valence-electron chi connectivity index (χ1n) is 14.1. The molecular formula is C29H50N2O4. The molecule has 0 heterocycles. The van der Waals surface area contributed by atoms with Gasteiger partial charge >= 0.3 is 5.97 Å². The second-order valence-electron chi connectivity index (χ2n) is 12.0. The van der Waals surface area contributed by atoms with Crippen LogP contribution in [0.25, 0.3) is 0 Å². The zero-order chi connectivity index (χ0) is 25.8. The van der Waals surface area contributed by atoms with Gasteiger partial charge in [0, 0.05) is 25.1 Å². The van der Waals surface area contributed by atoms with Crippen molar-refractivity contribution in [2.75, 3.05) is 6.54 Å². The highest BCUT2D eigenvalue weighted by molar-refractivity contribution is 6.22. The number of nitrogens with two attached hydrogens (primary N) is 1. The molecule has 3 N–H and O–H groups in total. The lowest BCUT2D eigenvalue weighted by atomic mass is 9.73. The summed E-state index contributed by atoms with van der Waals surface area (Å²) in [5, 5.41) is 3.38. The van der Waals surface area contributed by atoms with Crippen LogP contribution in [0, 0.1) is 11.3 Å². The fraction of sp³-hybridized carbons (Fsp3) is 0.828. The zero-order valence-electron chi connectivity index (χ0n) is 22.8. The van der Waals surface area contributed by atoms with Gasteiger partial charge < -0.3 is 15.8 Å². The standard InChI is InChI=1S/C29H50N2O4/c1-21(2)18-24(27-25(32)19-29(3,4)20-26(27)33)31-17-13-12-16-23(30)28(34)35-22-14-10-8-6-5-7-9-11-15-22/h21-23,31H,5-20,30H2,1-4H3/t23-/m0/s1. The molecule has 2 fully saturated rings. The molecule has 35 heavy (non-hydrogen) atoms. The second-order valence-corrected chi connectivity index (χ2v) is 12.0. The monoisotopic (exact) mass is 490 g/mol. The van der Waals surface area contributed by atoms with E-state index in [-0.39, 0.29) is 29.1 Å². The normalized spacial score (nSPS) is 21.0. The molecule has 1 atom stereocenters. The van der Waals surface area contributed by atoms with Crippen molar-refractivity contribution in [1.29, 1.82) is 0 Å². The average molecular weight is 491 g/mol. The van der Waals surface area contributed by atoms with E-state index < -0.39 is 6.04 Å². The molecule has 200 valence electrons. The Balaban J connectivity index is 1.79. The molecule has 0 bridgehead atoms. The van der Waals surface area contributed by atoms with Crippen LogP contribution < -0.4 is 11.1 Å². The molecule has 2 rings (SSSR count). The number of ketones is 2. The van der Waals surface area contributed by atoms with Crippen molar-refractivity contribution in [2.45, 2.75) is 136 Å². The Labute approximate surface area is 213 Å². The van der Waals surface area contributed by atoms with E-state index in [4.69, 9.17) is 10.5 Å². The van der Waals surface area contributed by atoms with Crippen molar-refractivity contribution in [1.82, 2.24) is 5.32 Å². The number of hydrogen-bond acceptors (Lipinski definition) is 6. The van der Waals surface area contributed by atoms with E-state index in [0.717, 1.165) is 44.2 Å². The number of carbonyl (C=O) groups is 3. The summed E-state index contributed by atoms with van der Waals surface area (Å²) in [6.45, 7) is 8.79. The molecule has 6 heteroatoms. The maximum absolute atomic E-state index is 12.7. The van der Waals surface area contributed by atoms with Crippen LogP contribution in [0.5, 0.6) is 0 Å². The van der Waals surface area contributed by atoms with Crippen molar-refractivity contribution in [3.63, 3.8) is 0 Å². The molecule has 2 aliphatic carbocycles. The van der Waals surface area contributed by atoms with E-state index >= 15 is 0 Å². The molecule has 0 aromatic carbocycles. The maximum atomic E-state index is 12.7. The summed E-state index contributed by atoms with van der Waals surface area (Å²) in [5.41, 5.74) is 7.05. The maximum Gasteiger partial charge on any atom is 0.323 e. The van der Waals surface area contributed by atoms with Gasteiger partial charge in [0.1, 0.15) is 12.1 Å². The number of carbonyl (C=O) groups excluding carboxylic acids is 3. The van der Waals surface area contributed by atoms with Crippen LogP contribution >= 0.6 is 0 Å². The van der Waals surface area contributed by atoms with Crippen molar-refractivity contribution in [3.05, 3.63) is 11.3 Å². The van der Waals surface area contributed by atoms with Crippen LogP contribution in [0.2, 0.25) is 0 Å². The summed E-state index contributed by atoms with van der Waals surface area (Å²) in [7, 11) is 0. The number of hydrogen-bond donors (Lipinski definition) is 2. The molecule has 0 aromatic heterocycles. The third-order valence-corrected chi connectivity index (χ3v) is 7.17. The lowest BCUT2D eigenvalue weighted by molar-refractivity contribution is -0.151. The third-order valence-electron chi connectivity index (χ3n) is 7.17. The summed E-state index contributed by atoms with van der Waals surface area (Å²) in [5.74, 6) is -0.0197. The Hall–Kier alpha value is -1.69. The van der Waals surface area contributed by atoms with Crippen LogP contribution in [-0.4, -0.2) is 36.2 Å². The molecule has 0 amide bonds. The molecule has 6 nitrogen and oxygen atoms in total. The van der Waals surface area contributed by atoms with Crippen molar-refractivity contribution >= 4 is 17.5 Å². The quantitative estimate of drug-likeness (QED) is 0.175. The first-order chi connectivity index (χ1) is 16.6. The van der Waals surface area contributed by atoms with E-state index in [9.17, 15) is 14.4 Å². The Morgan fingerprint density at radius 2 is 1.51 bits per heavy atom. The fourth-order valence-electron chi connectivity index (χ4n) is 5.26. The molecule has 0 saturated heterocycles. The van der Waals surface area contributed by atoms with E-state index in [0.29, 0.717) is 43.7 Å². The van der Waals surface area contributed by atoms with Gasteiger partial charge in [-0.25, -0.2) is 0 Å². The average Bonchev–Trinajstić information content (AvgIpc) is 2.75. The molecule has 0 spiro atoms. The lowest BCUT2D eigenvalue weighted by Gasteiger charge is -2.30. The molecule has 0 radical (unpaired) electrons. The highest BCUT2D eigenvalue weighted by Crippen LogP contribution is 2.35. The molecular weight excluding hydrogens is 440 g/mol. The number of unbranched alkanes of at least 4 members (excludes halogenated alkanes) is 1. The summed E-state index contributed by atoms with van der Waals surface area (Å²) in [6.07, 6.45) is 14.2. The predicted octanol–water partition coefficient (Wildman–Crippen LogP) is 5.77. The van der Waals surface area contributed by atoms with Crippen LogP contribution in [0.3, 0.4) is 0 Å². The molecule has 0 unspecified atom stereocenters. The Morgan fingerprint density at radius 1 is 0.971 bits per heavy atom. The predicted molar refractivity (Wildman–Crippen MR) is 141 cm³/mol. The van der Waals surface area contributed by atoms with Gasteiger partial charge in [-0.05, 0) is 62.7 Å². The van der Waals surface area contributed by atoms with Gasteiger partial charge in [0.2, 0.25) is 0 Å². The number of allylic oxidation sites excluding steroid dienone is 2. The minimum Gasteiger partial charge on any atom is -0.461 e. The van der Waals surface area contributed by atoms with Crippen LogP contribution in [-0.2, 0) is 19.1 Å². The lowest BCUT2D eigenvalue weighted by Crippen LogP contribution is -2.35. The Morgan fingerprint density at radius 3 is 2.06 bits per heavy atom. The number of nitrogens with one attached hydrogen (secondary N) is 1. The van der Waals surface area contributed by atoms with Gasteiger partial charge in [-0.2, -0.15) is 0 Å². The highest BCUT2D eigenvalue weighted by Gasteiger charge is 2.37. The van der Waals surface area contributed by atoms with Gasteiger partial charge in [0.05, 0.1) is 5.57 Å². The molecule has 0 aromatic rings. The van der Waals surface area contributed by atoms with E-state index in [2.05, 4.69) is 19.2 Å². The van der Waals surface area contributed by atoms with Crippen molar-refractivity contribution in [3.8, 4) is 0 Å². The Kier molecular flexibility index (Phi) is 12.5. The van der Waals surface area contributed by atoms with Crippen molar-refractivity contribution in [2.24, 2.45) is 17.1 Å². The van der Waals surface area contributed by atoms with Gasteiger partial charge in [0.15, 0.2) is 11.6 Å². The Bertz CT molecular complexity index is 709. The fourth-order valence-corrected chi connectivity index (χ4v) is 5.26. The smallest absolute Gasteiger partial charge is 0.323 e. The first-order valence-corrected chi connectivity index (χ1v) is 14.1. The molecule has 2 saturated carbocycles. The summed E-state index contributed by atoms with van der Waals surface area (Å²) >= 11 is 0. The molecule has 2 aliphatic rings. The number of esters is 1. The summed E-state index contributed by atoms with van der Waals surface area (Å²) in [6, 6.07) is -0.595. The van der Waals surface area contributed by atoms with E-state index in [1.807, 2.05) is 13.8 Å². The van der Waals surface area contributed by atoms with E-state index in [1.54, 1.807) is 0 Å². The second kappa shape index (κ2) is 14.8. The zero-order valence-corrected chi connectivity index (χ0v) is 22.8. The summed E-state index contributed by atoms with van der Waals surface area (Å²) < 4.78 is 5.78.